The van der Waals surface area contributed by atoms with Gasteiger partial charge in [0, 0.05) is 23.0 Å². The summed E-state index contributed by atoms with van der Waals surface area (Å²) in [6.45, 7) is 8.89. The van der Waals surface area contributed by atoms with E-state index in [-0.39, 0.29) is 23.8 Å². The van der Waals surface area contributed by atoms with E-state index in [2.05, 4.69) is 37.1 Å². The van der Waals surface area contributed by atoms with Crippen LogP contribution in [0.2, 0.25) is 0 Å². The molecule has 0 saturated heterocycles. The van der Waals surface area contributed by atoms with Crippen LogP contribution in [-0.4, -0.2) is 40.0 Å². The summed E-state index contributed by atoms with van der Waals surface area (Å²) in [5, 5.41) is 8.18. The number of thiophene rings is 1. The molecule has 2 heterocycles. The lowest BCUT2D eigenvalue weighted by Crippen LogP contribution is -2.45. The maximum Gasteiger partial charge on any atom is 0.350 e. The molecule has 2 aliphatic carbocycles. The Morgan fingerprint density at radius 3 is 2.49 bits per heavy atom. The van der Waals surface area contributed by atoms with Gasteiger partial charge in [0.25, 0.3) is 0 Å². The van der Waals surface area contributed by atoms with Gasteiger partial charge < -0.3 is 9.64 Å². The molecule has 0 bridgehead atoms. The fourth-order valence-corrected chi connectivity index (χ4v) is 7.30. The summed E-state index contributed by atoms with van der Waals surface area (Å²) < 4.78 is 7.18. The Hall–Kier alpha value is -2.22. The zero-order chi connectivity index (χ0) is 26.6. The molecule has 1 atom stereocenters. The Bertz CT molecular complexity index is 1030. The first-order valence-corrected chi connectivity index (χ1v) is 15.0. The number of nitrogens with zero attached hydrogens (tertiary/aromatic N) is 4. The Balaban J connectivity index is 1.65. The second-order valence-corrected chi connectivity index (χ2v) is 13.0. The van der Waals surface area contributed by atoms with Crippen molar-refractivity contribution in [3.8, 4) is 0 Å². The third-order valence-corrected chi connectivity index (χ3v) is 9.87. The van der Waals surface area contributed by atoms with Gasteiger partial charge in [-0.25, -0.2) is 9.48 Å². The molecule has 7 nitrogen and oxygen atoms in total. The van der Waals surface area contributed by atoms with Crippen molar-refractivity contribution in [3.05, 3.63) is 28.2 Å². The summed E-state index contributed by atoms with van der Waals surface area (Å²) in [5.41, 5.74) is 1.15. The highest BCUT2D eigenvalue weighted by molar-refractivity contribution is 7.14. The molecule has 0 aliphatic heterocycles. The molecule has 2 fully saturated rings. The number of carbonyl (C=O) groups is 2. The molecule has 204 valence electrons. The van der Waals surface area contributed by atoms with E-state index < -0.39 is 0 Å². The van der Waals surface area contributed by atoms with Gasteiger partial charge in [0.1, 0.15) is 4.88 Å². The number of aromatic nitrogens is 3. The molecule has 2 aliphatic rings. The third kappa shape index (κ3) is 6.44. The Morgan fingerprint density at radius 2 is 1.89 bits per heavy atom. The molecule has 0 aromatic carbocycles. The minimum absolute atomic E-state index is 0.0625. The van der Waals surface area contributed by atoms with E-state index in [4.69, 9.17) is 4.74 Å². The van der Waals surface area contributed by atoms with Crippen molar-refractivity contribution in [2.45, 2.75) is 116 Å². The molecular formula is C29H44N4O3S. The summed E-state index contributed by atoms with van der Waals surface area (Å²) >= 11 is 1.55. The number of ether oxygens (including phenoxy) is 1. The summed E-state index contributed by atoms with van der Waals surface area (Å²) in [4.78, 5) is 30.9. The van der Waals surface area contributed by atoms with Crippen molar-refractivity contribution in [1.82, 2.24) is 15.0 Å². The van der Waals surface area contributed by atoms with Gasteiger partial charge in [-0.1, -0.05) is 45.7 Å². The van der Waals surface area contributed by atoms with Crippen LogP contribution in [0, 0.1) is 11.3 Å². The Labute approximate surface area is 226 Å². The minimum atomic E-state index is -0.335. The average molecular weight is 529 g/mol. The molecule has 1 unspecified atom stereocenters. The fraction of sp³-hybridized carbons (Fsp3) is 0.724. The van der Waals surface area contributed by atoms with E-state index in [1.807, 2.05) is 22.7 Å². The predicted molar refractivity (Wildman–Crippen MR) is 148 cm³/mol. The number of rotatable bonds is 9. The predicted octanol–water partition coefficient (Wildman–Crippen LogP) is 7.15. The number of methoxy groups -OCH3 is 1. The first kappa shape index (κ1) is 27.8. The van der Waals surface area contributed by atoms with Gasteiger partial charge in [0.05, 0.1) is 25.0 Å². The zero-order valence-corrected chi connectivity index (χ0v) is 24.1. The van der Waals surface area contributed by atoms with Gasteiger partial charge in [-0.15, -0.1) is 16.4 Å². The second kappa shape index (κ2) is 12.1. The Morgan fingerprint density at radius 1 is 1.19 bits per heavy atom. The van der Waals surface area contributed by atoms with Crippen molar-refractivity contribution in [2.75, 3.05) is 12.0 Å². The van der Waals surface area contributed by atoms with Crippen LogP contribution in [0.25, 0.3) is 0 Å². The van der Waals surface area contributed by atoms with Gasteiger partial charge >= 0.3 is 5.97 Å². The topological polar surface area (TPSA) is 77.3 Å². The van der Waals surface area contributed by atoms with Crippen LogP contribution in [-0.2, 0) is 9.53 Å². The highest BCUT2D eigenvalue weighted by Gasteiger charge is 2.37. The van der Waals surface area contributed by atoms with Crippen molar-refractivity contribution in [2.24, 2.45) is 11.3 Å². The van der Waals surface area contributed by atoms with Gasteiger partial charge in [0.2, 0.25) is 5.91 Å². The maximum absolute atomic E-state index is 14.0. The zero-order valence-electron chi connectivity index (χ0n) is 23.2. The lowest BCUT2D eigenvalue weighted by Gasteiger charge is -2.38. The average Bonchev–Trinajstić information content (AvgIpc) is 3.58. The van der Waals surface area contributed by atoms with E-state index in [1.54, 1.807) is 17.5 Å². The quantitative estimate of drug-likeness (QED) is 0.323. The normalized spacial score (nSPS) is 22.9. The van der Waals surface area contributed by atoms with Crippen LogP contribution >= 0.6 is 11.3 Å². The molecule has 2 aromatic rings. The maximum atomic E-state index is 14.0. The largest absolute Gasteiger partial charge is 0.465 e. The van der Waals surface area contributed by atoms with Crippen LogP contribution in [0.15, 0.2) is 18.5 Å². The fourth-order valence-electron chi connectivity index (χ4n) is 6.06. The molecule has 4 rings (SSSR count). The minimum Gasteiger partial charge on any atom is -0.465 e. The van der Waals surface area contributed by atoms with Crippen LogP contribution in [0.4, 0.5) is 5.69 Å². The molecule has 0 N–H and O–H groups in total. The van der Waals surface area contributed by atoms with Crippen molar-refractivity contribution in [1.29, 1.82) is 0 Å². The number of amides is 1. The van der Waals surface area contributed by atoms with E-state index in [0.29, 0.717) is 22.3 Å². The van der Waals surface area contributed by atoms with Crippen LogP contribution in [0.5, 0.6) is 0 Å². The molecule has 2 saturated carbocycles. The van der Waals surface area contributed by atoms with E-state index >= 15 is 0 Å². The molecule has 0 spiro atoms. The summed E-state index contributed by atoms with van der Waals surface area (Å²) in [7, 11) is 1.44. The second-order valence-electron chi connectivity index (χ2n) is 11.9. The number of hydrogen-bond donors (Lipinski definition) is 0. The van der Waals surface area contributed by atoms with Crippen molar-refractivity contribution in [3.63, 3.8) is 0 Å². The molecule has 37 heavy (non-hydrogen) atoms. The van der Waals surface area contributed by atoms with Crippen LogP contribution in [0.1, 0.15) is 125 Å². The van der Waals surface area contributed by atoms with Gasteiger partial charge in [-0.05, 0) is 75.2 Å². The van der Waals surface area contributed by atoms with Crippen molar-refractivity contribution >= 4 is 28.9 Å². The van der Waals surface area contributed by atoms with Crippen LogP contribution in [0.3, 0.4) is 0 Å². The molecule has 1 amide bonds. The van der Waals surface area contributed by atoms with Gasteiger partial charge in [-0.3, -0.25) is 4.79 Å². The van der Waals surface area contributed by atoms with E-state index in [9.17, 15) is 9.59 Å². The number of carbonyl (C=O) groups excluding carboxylic acids is 2. The smallest absolute Gasteiger partial charge is 0.350 e. The number of esters is 1. The van der Waals surface area contributed by atoms with Gasteiger partial charge in [0.15, 0.2) is 0 Å². The summed E-state index contributed by atoms with van der Waals surface area (Å²) in [6, 6.07) is 2.53. The number of anilines is 1. The van der Waals surface area contributed by atoms with Crippen molar-refractivity contribution < 1.29 is 14.3 Å². The van der Waals surface area contributed by atoms with E-state index in [0.717, 1.165) is 63.5 Å². The lowest BCUT2D eigenvalue weighted by molar-refractivity contribution is -0.122. The highest BCUT2D eigenvalue weighted by atomic mass is 32.1. The monoisotopic (exact) mass is 528 g/mol. The molecule has 0 radical (unpaired) electrons. The van der Waals surface area contributed by atoms with Gasteiger partial charge in [-0.2, -0.15) is 0 Å². The first-order chi connectivity index (χ1) is 17.7. The molecule has 8 heteroatoms. The van der Waals surface area contributed by atoms with Crippen LogP contribution < -0.4 is 4.90 Å². The number of hydrogen-bond acceptors (Lipinski definition) is 6. The first-order valence-electron chi connectivity index (χ1n) is 14.1. The number of unbranched alkanes of at least 4 members (excludes halogenated alkanes) is 1. The lowest BCUT2D eigenvalue weighted by atomic mass is 9.73. The Kier molecular flexibility index (Phi) is 9.09. The van der Waals surface area contributed by atoms with E-state index in [1.165, 1.54) is 24.8 Å². The third-order valence-electron chi connectivity index (χ3n) is 8.60. The summed E-state index contributed by atoms with van der Waals surface area (Å²) in [5.74, 6) is 0.152. The highest BCUT2D eigenvalue weighted by Crippen LogP contribution is 2.47. The standard InChI is InChI=1S/C29H44N4O3S/c1-6-7-8-20(2)27(34)33(23-11-9-22(10-12-23)32-18-17-30-31-32)24-19-25(37-26(24)28(35)36-5)21-13-15-29(3,4)16-14-21/h17-23H,6-16H2,1-5H3. The summed E-state index contributed by atoms with van der Waals surface area (Å²) in [6.07, 6.45) is 14.8. The SMILES string of the molecule is CCCCC(C)C(=O)N(c1cc(C2CCC(C)(C)CC2)sc1C(=O)OC)C1CCC(n2ccnn2)CC1. The molecular weight excluding hydrogens is 484 g/mol. The molecule has 2 aromatic heterocycles.